The van der Waals surface area contributed by atoms with Crippen molar-refractivity contribution >= 4 is 0 Å². The molecular weight excluding hydrogens is 370 g/mol. The van der Waals surface area contributed by atoms with Crippen LogP contribution in [0.1, 0.15) is 103 Å². The van der Waals surface area contributed by atoms with Gasteiger partial charge in [0.05, 0.1) is 6.54 Å². The van der Waals surface area contributed by atoms with Crippen LogP contribution in [0.4, 0.5) is 0 Å². The van der Waals surface area contributed by atoms with Crippen molar-refractivity contribution in [1.82, 2.24) is 0 Å². The van der Waals surface area contributed by atoms with Crippen molar-refractivity contribution in [3.63, 3.8) is 0 Å². The van der Waals surface area contributed by atoms with Crippen LogP contribution < -0.4 is 0 Å². The second-order valence-corrected chi connectivity index (χ2v) is 9.66. The normalized spacial score (nSPS) is 15.6. The summed E-state index contributed by atoms with van der Waals surface area (Å²) in [6, 6.07) is 10.5. The Morgan fingerprint density at radius 3 is 1.53 bits per heavy atom. The molecule has 30 heavy (non-hydrogen) atoms. The minimum atomic E-state index is -0.357. The van der Waals surface area contributed by atoms with E-state index in [1.807, 2.05) is 19.9 Å². The summed E-state index contributed by atoms with van der Waals surface area (Å²) in [6.07, 6.45) is 15.5. The number of quaternary nitrogens is 1. The summed E-state index contributed by atoms with van der Waals surface area (Å²) in [4.78, 5) is 0. The van der Waals surface area contributed by atoms with Crippen LogP contribution in [0, 0.1) is 0 Å². The molecule has 0 amide bonds. The summed E-state index contributed by atoms with van der Waals surface area (Å²) in [6.45, 7) is 9.36. The van der Waals surface area contributed by atoms with Crippen molar-refractivity contribution in [3.8, 4) is 0 Å². The number of aliphatic hydroxyl groups is 2. The second-order valence-electron chi connectivity index (χ2n) is 9.66. The number of nitrogens with zero attached hydrogens (tertiary/aromatic N) is 1. The lowest BCUT2D eigenvalue weighted by Crippen LogP contribution is -2.54. The Morgan fingerprint density at radius 1 is 0.667 bits per heavy atom. The lowest BCUT2D eigenvalue weighted by molar-refractivity contribution is -0.946. The molecule has 0 saturated heterocycles. The van der Waals surface area contributed by atoms with Gasteiger partial charge in [0.1, 0.15) is 31.8 Å². The average Bonchev–Trinajstić information content (AvgIpc) is 2.68. The first-order chi connectivity index (χ1) is 14.5. The summed E-state index contributed by atoms with van der Waals surface area (Å²) in [5.74, 6) is 0. The van der Waals surface area contributed by atoms with Gasteiger partial charge in [0, 0.05) is 5.56 Å². The predicted molar refractivity (Wildman–Crippen MR) is 129 cm³/mol. The minimum absolute atomic E-state index is 0.357. The van der Waals surface area contributed by atoms with E-state index < -0.39 is 0 Å². The van der Waals surface area contributed by atoms with E-state index in [0.717, 1.165) is 17.6 Å². The highest BCUT2D eigenvalue weighted by Gasteiger charge is 2.30. The average molecular weight is 421 g/mol. The molecule has 2 N–H and O–H groups in total. The highest BCUT2D eigenvalue weighted by atomic mass is 16.3. The largest absolute Gasteiger partial charge is 0.388 e. The van der Waals surface area contributed by atoms with Crippen molar-refractivity contribution in [2.45, 2.75) is 117 Å². The van der Waals surface area contributed by atoms with Crippen molar-refractivity contribution in [3.05, 3.63) is 35.9 Å². The molecule has 0 aliphatic heterocycles. The zero-order valence-corrected chi connectivity index (χ0v) is 20.2. The molecule has 0 aliphatic carbocycles. The van der Waals surface area contributed by atoms with E-state index in [2.05, 4.69) is 31.2 Å². The smallest absolute Gasteiger partial charge is 0.105 e. The van der Waals surface area contributed by atoms with Gasteiger partial charge in [0.25, 0.3) is 0 Å². The number of aliphatic hydroxyl groups excluding tert-OH is 2. The van der Waals surface area contributed by atoms with Gasteiger partial charge in [-0.25, -0.2) is 0 Å². The van der Waals surface area contributed by atoms with E-state index in [4.69, 9.17) is 0 Å². The number of hydrogen-bond donors (Lipinski definition) is 2. The molecule has 3 nitrogen and oxygen atoms in total. The van der Waals surface area contributed by atoms with Gasteiger partial charge in [-0.15, -0.1) is 0 Å². The molecule has 0 spiro atoms. The van der Waals surface area contributed by atoms with Gasteiger partial charge in [-0.05, 0) is 26.7 Å². The van der Waals surface area contributed by atoms with E-state index in [9.17, 15) is 10.2 Å². The fraction of sp³-hybridized carbons (Fsp3) is 0.778. The van der Waals surface area contributed by atoms with Crippen molar-refractivity contribution < 1.29 is 14.7 Å². The standard InChI is InChI=1S/C27H50NO2/c1-4-5-6-7-8-9-10-11-12-13-14-18-21-28(22-25(2)29,23-26(3)30)24-27-19-16-15-17-20-27/h15-17,19-20,25-26,29-30H,4-14,18,21-24H2,1-3H3/q+1. The van der Waals surface area contributed by atoms with Crippen LogP contribution in [0.15, 0.2) is 30.3 Å². The number of hydrogen-bond acceptors (Lipinski definition) is 2. The third-order valence-corrected chi connectivity index (χ3v) is 6.15. The van der Waals surface area contributed by atoms with Gasteiger partial charge in [-0.2, -0.15) is 0 Å². The van der Waals surface area contributed by atoms with Crippen LogP contribution in [0.25, 0.3) is 0 Å². The van der Waals surface area contributed by atoms with E-state index in [1.54, 1.807) is 0 Å². The van der Waals surface area contributed by atoms with Crippen LogP contribution in [0.5, 0.6) is 0 Å². The molecule has 0 fully saturated rings. The van der Waals surface area contributed by atoms with Crippen LogP contribution in [0.3, 0.4) is 0 Å². The number of benzene rings is 1. The van der Waals surface area contributed by atoms with Gasteiger partial charge in [-0.3, -0.25) is 0 Å². The molecule has 1 rings (SSSR count). The summed E-state index contributed by atoms with van der Waals surface area (Å²) < 4.78 is 0.775. The fourth-order valence-electron chi connectivity index (χ4n) is 4.85. The minimum Gasteiger partial charge on any atom is -0.388 e. The Balaban J connectivity index is 2.37. The Labute approximate surface area is 187 Å². The fourth-order valence-corrected chi connectivity index (χ4v) is 4.85. The third kappa shape index (κ3) is 13.4. The van der Waals surface area contributed by atoms with Crippen LogP contribution in [0.2, 0.25) is 0 Å². The van der Waals surface area contributed by atoms with Gasteiger partial charge >= 0.3 is 0 Å². The summed E-state index contributed by atoms with van der Waals surface area (Å²) in [5.41, 5.74) is 1.29. The lowest BCUT2D eigenvalue weighted by Gasteiger charge is -2.41. The van der Waals surface area contributed by atoms with Crippen molar-refractivity contribution in [2.75, 3.05) is 19.6 Å². The summed E-state index contributed by atoms with van der Waals surface area (Å²) in [7, 11) is 0. The summed E-state index contributed by atoms with van der Waals surface area (Å²) >= 11 is 0. The summed E-state index contributed by atoms with van der Waals surface area (Å²) in [5, 5.41) is 20.3. The highest BCUT2D eigenvalue weighted by Crippen LogP contribution is 2.20. The van der Waals surface area contributed by atoms with Crippen molar-refractivity contribution in [1.29, 1.82) is 0 Å². The van der Waals surface area contributed by atoms with E-state index in [-0.39, 0.29) is 12.2 Å². The molecule has 1 aromatic rings. The van der Waals surface area contributed by atoms with Crippen LogP contribution in [-0.4, -0.2) is 46.5 Å². The van der Waals surface area contributed by atoms with Crippen molar-refractivity contribution in [2.24, 2.45) is 0 Å². The molecule has 174 valence electrons. The van der Waals surface area contributed by atoms with Gasteiger partial charge in [0.15, 0.2) is 0 Å². The predicted octanol–water partition coefficient (Wildman–Crippen LogP) is 6.47. The molecule has 0 aromatic heterocycles. The SMILES string of the molecule is CCCCCCCCCCCCCC[N+](Cc1ccccc1)(CC(C)O)CC(C)O. The molecular formula is C27H50NO2+. The zero-order valence-electron chi connectivity index (χ0n) is 20.2. The second kappa shape index (κ2) is 16.8. The molecule has 0 heterocycles. The Hall–Kier alpha value is -0.900. The number of rotatable bonds is 19. The molecule has 2 atom stereocenters. The maximum atomic E-state index is 10.2. The number of unbranched alkanes of at least 4 members (excludes halogenated alkanes) is 11. The molecule has 3 heteroatoms. The molecule has 2 unspecified atom stereocenters. The monoisotopic (exact) mass is 420 g/mol. The molecule has 0 aliphatic rings. The zero-order chi connectivity index (χ0) is 22.1. The third-order valence-electron chi connectivity index (χ3n) is 6.15. The first kappa shape index (κ1) is 27.1. The first-order valence-corrected chi connectivity index (χ1v) is 12.7. The molecule has 0 radical (unpaired) electrons. The van der Waals surface area contributed by atoms with Crippen LogP contribution >= 0.6 is 0 Å². The van der Waals surface area contributed by atoms with E-state index in [0.29, 0.717) is 13.1 Å². The Kier molecular flexibility index (Phi) is 15.2. The first-order valence-electron chi connectivity index (χ1n) is 12.7. The maximum Gasteiger partial charge on any atom is 0.105 e. The van der Waals surface area contributed by atoms with E-state index in [1.165, 1.54) is 82.6 Å². The molecule has 1 aromatic carbocycles. The van der Waals surface area contributed by atoms with Gasteiger partial charge in [-0.1, -0.05) is 101 Å². The van der Waals surface area contributed by atoms with E-state index >= 15 is 0 Å². The Morgan fingerprint density at radius 2 is 1.10 bits per heavy atom. The topological polar surface area (TPSA) is 40.5 Å². The molecule has 0 saturated carbocycles. The quantitative estimate of drug-likeness (QED) is 0.199. The lowest BCUT2D eigenvalue weighted by atomic mass is 10.0. The molecule has 0 bridgehead atoms. The highest BCUT2D eigenvalue weighted by molar-refractivity contribution is 5.13. The maximum absolute atomic E-state index is 10.2. The van der Waals surface area contributed by atoms with Gasteiger partial charge in [0.2, 0.25) is 0 Å². The van der Waals surface area contributed by atoms with Gasteiger partial charge < -0.3 is 14.7 Å². The van der Waals surface area contributed by atoms with Crippen LogP contribution in [-0.2, 0) is 6.54 Å². The Bertz CT molecular complexity index is 491.